The largest absolute Gasteiger partial charge is 0.493 e. The van der Waals surface area contributed by atoms with Gasteiger partial charge in [-0.25, -0.2) is 0 Å². The van der Waals surface area contributed by atoms with Crippen LogP contribution in [0.4, 0.5) is 5.69 Å². The van der Waals surface area contributed by atoms with Crippen molar-refractivity contribution in [1.29, 1.82) is 0 Å². The highest BCUT2D eigenvalue weighted by atomic mass is 79.9. The van der Waals surface area contributed by atoms with E-state index in [1.165, 1.54) is 35.9 Å². The predicted molar refractivity (Wildman–Crippen MR) is 132 cm³/mol. The van der Waals surface area contributed by atoms with E-state index < -0.39 is 27.9 Å². The van der Waals surface area contributed by atoms with Crippen molar-refractivity contribution in [3.8, 4) is 11.5 Å². The van der Waals surface area contributed by atoms with Crippen LogP contribution in [0, 0.1) is 10.1 Å². The molecule has 1 amide bonds. The van der Waals surface area contributed by atoms with Gasteiger partial charge in [0.25, 0.3) is 16.7 Å². The first kappa shape index (κ1) is 28.3. The monoisotopic (exact) mass is 562 g/mol. The second-order valence-corrected chi connectivity index (χ2v) is 10.5. The quantitative estimate of drug-likeness (QED) is 0.107. The second kappa shape index (κ2) is 13.3. The van der Waals surface area contributed by atoms with E-state index in [-0.39, 0.29) is 28.5 Å². The summed E-state index contributed by atoms with van der Waals surface area (Å²) in [6, 6.07) is 2.53. The van der Waals surface area contributed by atoms with Crippen molar-refractivity contribution in [2.24, 2.45) is 0 Å². The maximum absolute atomic E-state index is 13.5. The summed E-state index contributed by atoms with van der Waals surface area (Å²) in [7, 11) is 1.40. The number of aldehydes is 1. The van der Waals surface area contributed by atoms with Crippen molar-refractivity contribution in [1.82, 2.24) is 4.90 Å². The van der Waals surface area contributed by atoms with Crippen molar-refractivity contribution in [3.63, 3.8) is 0 Å². The zero-order chi connectivity index (χ0) is 25.3. The van der Waals surface area contributed by atoms with Crippen molar-refractivity contribution in [2.75, 3.05) is 32.6 Å². The summed E-state index contributed by atoms with van der Waals surface area (Å²) in [5.74, 6) is 0.359. The van der Waals surface area contributed by atoms with E-state index in [0.29, 0.717) is 44.5 Å². The number of benzene rings is 1. The Labute approximate surface area is 211 Å². The van der Waals surface area contributed by atoms with E-state index in [1.54, 1.807) is 6.92 Å². The van der Waals surface area contributed by atoms with E-state index in [9.17, 15) is 19.7 Å². The van der Waals surface area contributed by atoms with Crippen LogP contribution in [0.25, 0.3) is 0 Å². The Morgan fingerprint density at radius 1 is 1.41 bits per heavy atom. The lowest BCUT2D eigenvalue weighted by molar-refractivity contribution is -0.385. The van der Waals surface area contributed by atoms with Gasteiger partial charge in [-0.1, -0.05) is 41.5 Å². The lowest BCUT2D eigenvalue weighted by Gasteiger charge is -2.33. The predicted octanol–water partition coefficient (Wildman–Crippen LogP) is 4.38. The van der Waals surface area contributed by atoms with Crippen molar-refractivity contribution in [3.05, 3.63) is 27.8 Å². The number of likely N-dealkylation sites (tertiary alicyclic amines) is 1. The molecule has 1 fully saturated rings. The number of carbonyl (C=O) groups is 2. The molecule has 0 N–H and O–H groups in total. The normalized spacial score (nSPS) is 18.3. The van der Waals surface area contributed by atoms with Gasteiger partial charge in [-0.3, -0.25) is 19.7 Å². The zero-order valence-corrected chi connectivity index (χ0v) is 22.2. The smallest absolute Gasteiger partial charge is 0.286 e. The molecule has 2 rings (SSSR count). The van der Waals surface area contributed by atoms with Crippen LogP contribution < -0.4 is 9.47 Å². The number of hydrogen-bond acceptors (Lipinski definition) is 9. The first-order valence-electron chi connectivity index (χ1n) is 11.1. The summed E-state index contributed by atoms with van der Waals surface area (Å²) in [6.45, 7) is 6.44. The highest BCUT2D eigenvalue weighted by Crippen LogP contribution is 2.38. The van der Waals surface area contributed by atoms with E-state index in [2.05, 4.69) is 15.9 Å². The van der Waals surface area contributed by atoms with Crippen LogP contribution in [-0.4, -0.2) is 70.8 Å². The van der Waals surface area contributed by atoms with Gasteiger partial charge in [-0.15, -0.1) is 0 Å². The summed E-state index contributed by atoms with van der Waals surface area (Å²) >= 11 is 4.60. The molecule has 3 atom stereocenters. The Hall–Kier alpha value is -1.89. The highest BCUT2D eigenvalue weighted by Gasteiger charge is 2.41. The van der Waals surface area contributed by atoms with E-state index >= 15 is 0 Å². The molecule has 0 bridgehead atoms. The molecule has 2 unspecified atom stereocenters. The van der Waals surface area contributed by atoms with Gasteiger partial charge in [0.2, 0.25) is 0 Å². The van der Waals surface area contributed by atoms with Crippen LogP contribution in [0.1, 0.15) is 50.4 Å². The molecule has 0 aromatic heterocycles. The average Bonchev–Trinajstić information content (AvgIpc) is 3.25. The minimum Gasteiger partial charge on any atom is -0.493 e. The van der Waals surface area contributed by atoms with Crippen molar-refractivity contribution in [2.45, 2.75) is 56.2 Å². The van der Waals surface area contributed by atoms with Crippen molar-refractivity contribution < 1.29 is 33.5 Å². The number of nitro benzene ring substituents is 1. The maximum atomic E-state index is 13.5. The maximum Gasteiger partial charge on any atom is 0.286 e. The molecule has 12 heteroatoms. The Kier molecular flexibility index (Phi) is 11.1. The topological polar surface area (TPSA) is 117 Å². The number of rotatable bonds is 14. The molecule has 1 aromatic rings. The number of ether oxygens (including phenoxy) is 4. The van der Waals surface area contributed by atoms with Crippen LogP contribution >= 0.6 is 27.7 Å². The van der Waals surface area contributed by atoms with Gasteiger partial charge in [0.1, 0.15) is 11.8 Å². The average molecular weight is 563 g/mol. The molecule has 1 aliphatic rings. The Morgan fingerprint density at radius 2 is 2.15 bits per heavy atom. The van der Waals surface area contributed by atoms with Crippen LogP contribution in [-0.2, 0) is 14.3 Å². The molecule has 0 aliphatic carbocycles. The lowest BCUT2D eigenvalue weighted by Crippen LogP contribution is -2.45. The fraction of sp³-hybridized carbons (Fsp3) is 0.636. The summed E-state index contributed by atoms with van der Waals surface area (Å²) in [4.78, 5) is 38.1. The minimum atomic E-state index is -1.55. The third kappa shape index (κ3) is 7.06. The molecule has 34 heavy (non-hydrogen) atoms. The Morgan fingerprint density at radius 3 is 2.71 bits per heavy atom. The number of carbonyl (C=O) groups excluding carboxylic acids is 2. The Balaban J connectivity index is 2.36. The summed E-state index contributed by atoms with van der Waals surface area (Å²) in [5, 5.41) is 10.3. The van der Waals surface area contributed by atoms with Crippen LogP contribution in [0.2, 0.25) is 0 Å². The standard InChI is InChI=1S/C22H31BrN2O8S/c1-5-32-22(14-26,34-6-2)33-20-8-7-10-24(20)21(27)16-12-18(30-4)19(13-17(16)25(28)29)31-11-9-15(3)23/h12-15,20H,5-11H2,1-4H3/t15?,20-,22?/m0/s1. The van der Waals surface area contributed by atoms with E-state index in [0.717, 1.165) is 0 Å². The van der Waals surface area contributed by atoms with Crippen LogP contribution in [0.3, 0.4) is 0 Å². The zero-order valence-electron chi connectivity index (χ0n) is 19.8. The molecule has 0 radical (unpaired) electrons. The number of amides is 1. The fourth-order valence-corrected chi connectivity index (χ4v) is 4.56. The summed E-state index contributed by atoms with van der Waals surface area (Å²) in [5.41, 5.74) is -0.539. The van der Waals surface area contributed by atoms with Crippen molar-refractivity contribution >= 4 is 45.6 Å². The molecule has 0 spiro atoms. The molecule has 1 saturated heterocycles. The number of nitrogens with zero attached hydrogens (tertiary/aromatic N) is 2. The fourth-order valence-electron chi connectivity index (χ4n) is 3.52. The molecule has 10 nitrogen and oxygen atoms in total. The Bertz CT molecular complexity index is 864. The first-order valence-corrected chi connectivity index (χ1v) is 13.0. The molecule has 190 valence electrons. The second-order valence-electron chi connectivity index (χ2n) is 7.50. The third-order valence-corrected chi connectivity index (χ3v) is 6.54. The molecular formula is C22H31BrN2O8S. The van der Waals surface area contributed by atoms with Gasteiger partial charge >= 0.3 is 0 Å². The van der Waals surface area contributed by atoms with Gasteiger partial charge < -0.3 is 23.8 Å². The third-order valence-electron chi connectivity index (χ3n) is 5.08. The minimum absolute atomic E-state index is 0.144. The van der Waals surface area contributed by atoms with Crippen LogP contribution in [0.5, 0.6) is 11.5 Å². The van der Waals surface area contributed by atoms with Gasteiger partial charge in [-0.2, -0.15) is 0 Å². The number of thioether (sulfide) groups is 1. The van der Waals surface area contributed by atoms with Gasteiger partial charge in [0.15, 0.2) is 17.8 Å². The van der Waals surface area contributed by atoms with Gasteiger partial charge in [0, 0.05) is 24.0 Å². The van der Waals surface area contributed by atoms with E-state index in [1.807, 2.05) is 13.8 Å². The molecular weight excluding hydrogens is 532 g/mol. The molecule has 1 heterocycles. The first-order chi connectivity index (χ1) is 16.2. The number of methoxy groups -OCH3 is 1. The molecule has 1 aromatic carbocycles. The van der Waals surface area contributed by atoms with E-state index in [4.69, 9.17) is 18.9 Å². The summed E-state index contributed by atoms with van der Waals surface area (Å²) in [6.07, 6.45) is 1.57. The van der Waals surface area contributed by atoms with Gasteiger partial charge in [-0.05, 0) is 31.9 Å². The van der Waals surface area contributed by atoms with Crippen LogP contribution in [0.15, 0.2) is 12.1 Å². The molecule has 0 saturated carbocycles. The molecule has 1 aliphatic heterocycles. The summed E-state index contributed by atoms with van der Waals surface area (Å²) < 4.78 is 22.6. The number of halogens is 1. The number of hydrogen-bond donors (Lipinski definition) is 0. The number of alkyl halides is 1. The highest BCUT2D eigenvalue weighted by molar-refractivity contribution is 9.09. The number of nitro groups is 1. The van der Waals surface area contributed by atoms with Gasteiger partial charge in [0.05, 0.1) is 24.7 Å². The SMILES string of the molecule is CCOC(C=O)(O[C@H]1CCCN1C(=O)c1cc(OC)c(OCCC(C)Br)cc1[N+](=O)[O-])SCC. The lowest BCUT2D eigenvalue weighted by atomic mass is 10.1.